The van der Waals surface area contributed by atoms with Crippen LogP contribution in [0, 0.1) is 0 Å². The van der Waals surface area contributed by atoms with Crippen LogP contribution in [0.15, 0.2) is 64.5 Å². The Bertz CT molecular complexity index is 1050. The van der Waals surface area contributed by atoms with Crippen LogP contribution in [0.5, 0.6) is 0 Å². The van der Waals surface area contributed by atoms with Crippen LogP contribution in [-0.4, -0.2) is 36.4 Å². The van der Waals surface area contributed by atoms with Gasteiger partial charge in [0, 0.05) is 38.4 Å². The van der Waals surface area contributed by atoms with Crippen LogP contribution in [0.1, 0.15) is 5.56 Å². The second-order valence-corrected chi connectivity index (χ2v) is 8.09. The summed E-state index contributed by atoms with van der Waals surface area (Å²) < 4.78 is 26.9. The molecule has 25 heavy (non-hydrogen) atoms. The van der Waals surface area contributed by atoms with Crippen LogP contribution >= 0.6 is 0 Å². The highest BCUT2D eigenvalue weighted by Gasteiger charge is 2.16. The van der Waals surface area contributed by atoms with Crippen molar-refractivity contribution < 1.29 is 8.42 Å². The summed E-state index contributed by atoms with van der Waals surface area (Å²) in [7, 11) is -0.415. The quantitative estimate of drug-likeness (QED) is 0.699. The summed E-state index contributed by atoms with van der Waals surface area (Å²) in [6.07, 6.45) is 4.00. The Kier molecular flexibility index (Phi) is 4.69. The third-order valence-electron chi connectivity index (χ3n) is 4.08. The number of pyridine rings is 2. The number of hydrogen-bond acceptors (Lipinski definition) is 4. The van der Waals surface area contributed by atoms with Gasteiger partial charge < -0.3 is 4.57 Å². The number of aryl methyl sites for hydroxylation is 2. The van der Waals surface area contributed by atoms with Gasteiger partial charge in [0.05, 0.1) is 4.90 Å². The number of nitrogens with zero attached hydrogens (tertiary/aromatic N) is 3. The number of fused-ring (bicyclic) bond motifs is 1. The Balaban J connectivity index is 1.78. The van der Waals surface area contributed by atoms with Crippen LogP contribution < -0.4 is 5.56 Å². The first-order chi connectivity index (χ1) is 11.9. The van der Waals surface area contributed by atoms with Gasteiger partial charge in [0.2, 0.25) is 10.0 Å². The zero-order chi connectivity index (χ0) is 18.0. The standard InChI is InChI=1S/C18H19N3O3S/c1-20(2)25(23,24)16-7-5-14(6-8-16)9-12-21-13-10-15-4-3-11-19-17(15)18(21)22/h3-8,10-11,13H,9,12H2,1-2H3. The van der Waals surface area contributed by atoms with Gasteiger partial charge in [-0.3, -0.25) is 9.78 Å². The minimum Gasteiger partial charge on any atom is -0.313 e. The minimum absolute atomic E-state index is 0.120. The van der Waals surface area contributed by atoms with Crippen molar-refractivity contribution >= 4 is 20.9 Å². The van der Waals surface area contributed by atoms with Gasteiger partial charge in [-0.1, -0.05) is 18.2 Å². The highest BCUT2D eigenvalue weighted by atomic mass is 32.2. The van der Waals surface area contributed by atoms with Gasteiger partial charge in [-0.15, -0.1) is 0 Å². The molecule has 7 heteroatoms. The lowest BCUT2D eigenvalue weighted by Gasteiger charge is -2.12. The monoisotopic (exact) mass is 357 g/mol. The number of aromatic nitrogens is 2. The van der Waals surface area contributed by atoms with Gasteiger partial charge >= 0.3 is 0 Å². The minimum atomic E-state index is -3.42. The van der Waals surface area contributed by atoms with E-state index in [1.807, 2.05) is 12.1 Å². The Morgan fingerprint density at radius 3 is 2.48 bits per heavy atom. The predicted molar refractivity (Wildman–Crippen MR) is 97.0 cm³/mol. The van der Waals surface area contributed by atoms with Gasteiger partial charge in [-0.05, 0) is 36.2 Å². The molecule has 3 rings (SSSR count). The SMILES string of the molecule is CN(C)S(=O)(=O)c1ccc(CCn2ccc3cccnc3c2=O)cc1. The molecule has 2 heterocycles. The molecule has 0 unspecified atom stereocenters. The molecule has 0 fully saturated rings. The average molecular weight is 357 g/mol. The molecule has 6 nitrogen and oxygen atoms in total. The molecular formula is C18H19N3O3S. The lowest BCUT2D eigenvalue weighted by molar-refractivity contribution is 0.520. The Morgan fingerprint density at radius 1 is 1.08 bits per heavy atom. The van der Waals surface area contributed by atoms with Crippen molar-refractivity contribution in [2.24, 2.45) is 0 Å². The second-order valence-electron chi connectivity index (χ2n) is 5.94. The van der Waals surface area contributed by atoms with Gasteiger partial charge in [-0.2, -0.15) is 0 Å². The summed E-state index contributed by atoms with van der Waals surface area (Å²) in [5.41, 5.74) is 1.30. The van der Waals surface area contributed by atoms with E-state index in [-0.39, 0.29) is 10.5 Å². The lowest BCUT2D eigenvalue weighted by atomic mass is 10.1. The average Bonchev–Trinajstić information content (AvgIpc) is 2.61. The lowest BCUT2D eigenvalue weighted by Crippen LogP contribution is -2.22. The van der Waals surface area contributed by atoms with Crippen molar-refractivity contribution in [1.29, 1.82) is 0 Å². The predicted octanol–water partition coefficient (Wildman–Crippen LogP) is 1.89. The molecule has 0 aliphatic heterocycles. The topological polar surface area (TPSA) is 72.3 Å². The van der Waals surface area contributed by atoms with Crippen LogP contribution in [0.25, 0.3) is 10.9 Å². The highest BCUT2D eigenvalue weighted by Crippen LogP contribution is 2.14. The first-order valence-corrected chi connectivity index (χ1v) is 9.29. The number of benzene rings is 1. The zero-order valence-corrected chi connectivity index (χ0v) is 14.9. The van der Waals surface area contributed by atoms with E-state index in [1.54, 1.807) is 47.3 Å². The summed E-state index contributed by atoms with van der Waals surface area (Å²) >= 11 is 0. The summed E-state index contributed by atoms with van der Waals surface area (Å²) in [6, 6.07) is 12.3. The molecule has 0 N–H and O–H groups in total. The van der Waals surface area contributed by atoms with Gasteiger partial charge in [-0.25, -0.2) is 12.7 Å². The van der Waals surface area contributed by atoms with E-state index < -0.39 is 10.0 Å². The van der Waals surface area contributed by atoms with Crippen LogP contribution in [0.4, 0.5) is 0 Å². The van der Waals surface area contributed by atoms with Crippen LogP contribution in [0.3, 0.4) is 0 Å². The summed E-state index contributed by atoms with van der Waals surface area (Å²) in [4.78, 5) is 16.8. The number of hydrogen-bond donors (Lipinski definition) is 0. The summed E-state index contributed by atoms with van der Waals surface area (Å²) in [6.45, 7) is 0.505. The molecule has 0 amide bonds. The van der Waals surface area contributed by atoms with E-state index in [9.17, 15) is 13.2 Å². The smallest absolute Gasteiger partial charge is 0.277 e. The number of sulfonamides is 1. The van der Waals surface area contributed by atoms with E-state index in [0.29, 0.717) is 18.5 Å². The molecule has 2 aromatic heterocycles. The molecule has 0 spiro atoms. The van der Waals surface area contributed by atoms with E-state index in [4.69, 9.17) is 0 Å². The molecule has 0 aliphatic carbocycles. The molecular weight excluding hydrogens is 338 g/mol. The molecule has 0 atom stereocenters. The molecule has 0 aliphatic rings. The largest absolute Gasteiger partial charge is 0.313 e. The molecule has 3 aromatic rings. The molecule has 0 saturated heterocycles. The Morgan fingerprint density at radius 2 is 1.80 bits per heavy atom. The van der Waals surface area contributed by atoms with Crippen molar-refractivity contribution in [3.05, 3.63) is 70.8 Å². The number of rotatable bonds is 5. The second kappa shape index (κ2) is 6.78. The maximum Gasteiger partial charge on any atom is 0.277 e. The first kappa shape index (κ1) is 17.3. The zero-order valence-electron chi connectivity index (χ0n) is 14.1. The van der Waals surface area contributed by atoms with Gasteiger partial charge in [0.25, 0.3) is 5.56 Å². The van der Waals surface area contributed by atoms with Crippen molar-refractivity contribution in [3.8, 4) is 0 Å². The fourth-order valence-corrected chi connectivity index (χ4v) is 3.47. The third kappa shape index (κ3) is 3.47. The maximum atomic E-state index is 12.4. The highest BCUT2D eigenvalue weighted by molar-refractivity contribution is 7.89. The van der Waals surface area contributed by atoms with Gasteiger partial charge in [0.1, 0.15) is 5.52 Å². The van der Waals surface area contributed by atoms with Crippen molar-refractivity contribution in [3.63, 3.8) is 0 Å². The fourth-order valence-electron chi connectivity index (χ4n) is 2.57. The van der Waals surface area contributed by atoms with Crippen molar-refractivity contribution in [2.75, 3.05) is 14.1 Å². The normalized spacial score (nSPS) is 12.0. The maximum absolute atomic E-state index is 12.4. The molecule has 0 radical (unpaired) electrons. The van der Waals surface area contributed by atoms with E-state index in [1.165, 1.54) is 18.4 Å². The van der Waals surface area contributed by atoms with Crippen LogP contribution in [0.2, 0.25) is 0 Å². The summed E-state index contributed by atoms with van der Waals surface area (Å²) in [5, 5.41) is 0.821. The van der Waals surface area contributed by atoms with E-state index >= 15 is 0 Å². The van der Waals surface area contributed by atoms with Crippen LogP contribution in [-0.2, 0) is 23.0 Å². The molecule has 130 valence electrons. The Hall–Kier alpha value is -2.51. The fraction of sp³-hybridized carbons (Fsp3) is 0.222. The third-order valence-corrected chi connectivity index (χ3v) is 5.91. The summed E-state index contributed by atoms with van der Waals surface area (Å²) in [5.74, 6) is 0. The molecule has 0 bridgehead atoms. The first-order valence-electron chi connectivity index (χ1n) is 7.85. The van der Waals surface area contributed by atoms with Gasteiger partial charge in [0.15, 0.2) is 0 Å². The molecule has 0 saturated carbocycles. The van der Waals surface area contributed by atoms with Crippen molar-refractivity contribution in [1.82, 2.24) is 13.9 Å². The van der Waals surface area contributed by atoms with E-state index in [0.717, 1.165) is 10.9 Å². The van der Waals surface area contributed by atoms with E-state index in [2.05, 4.69) is 4.98 Å². The molecule has 1 aromatic carbocycles. The van der Waals surface area contributed by atoms with Crippen molar-refractivity contribution in [2.45, 2.75) is 17.9 Å². The Labute approximate surface area is 146 Å².